The molecule has 1 fully saturated rings. The van der Waals surface area contributed by atoms with Gasteiger partial charge in [-0.2, -0.15) is 5.10 Å². The molecular weight excluding hydrogens is 334 g/mol. The van der Waals surface area contributed by atoms with Gasteiger partial charge in [0, 0.05) is 24.6 Å². The maximum atomic E-state index is 13.0. The van der Waals surface area contributed by atoms with E-state index in [9.17, 15) is 4.79 Å². The van der Waals surface area contributed by atoms with Crippen LogP contribution in [0, 0.1) is 5.92 Å². The number of rotatable bonds is 7. The fourth-order valence-corrected chi connectivity index (χ4v) is 4.30. The molecular formula is C19H25N3O2S. The zero-order valence-corrected chi connectivity index (χ0v) is 15.5. The number of carbonyl (C=O) groups is 1. The van der Waals surface area contributed by atoms with E-state index in [0.717, 1.165) is 30.3 Å². The first kappa shape index (κ1) is 16.8. The van der Waals surface area contributed by atoms with Gasteiger partial charge in [-0.3, -0.25) is 9.48 Å². The molecule has 4 rings (SSSR count). The van der Waals surface area contributed by atoms with Crippen LogP contribution in [-0.2, 0) is 28.9 Å². The zero-order valence-electron chi connectivity index (χ0n) is 14.7. The van der Waals surface area contributed by atoms with Crippen LogP contribution >= 0.6 is 11.3 Å². The van der Waals surface area contributed by atoms with Crippen LogP contribution in [0.2, 0.25) is 0 Å². The molecule has 2 aromatic rings. The van der Waals surface area contributed by atoms with Gasteiger partial charge in [-0.25, -0.2) is 0 Å². The summed E-state index contributed by atoms with van der Waals surface area (Å²) in [5.74, 6) is 0.950. The second-order valence-corrected chi connectivity index (χ2v) is 7.98. The Morgan fingerprint density at radius 1 is 1.44 bits per heavy atom. The first-order valence-electron chi connectivity index (χ1n) is 9.20. The Labute approximate surface area is 152 Å². The quantitative estimate of drug-likeness (QED) is 0.763. The van der Waals surface area contributed by atoms with Crippen molar-refractivity contribution in [3.8, 4) is 0 Å². The minimum atomic E-state index is -0.0163. The molecule has 1 saturated carbocycles. The maximum absolute atomic E-state index is 13.0. The molecule has 0 aromatic carbocycles. The number of thiophene rings is 1. The van der Waals surface area contributed by atoms with E-state index in [1.807, 2.05) is 35.5 Å². The highest BCUT2D eigenvalue weighted by atomic mass is 32.1. The molecule has 0 saturated heterocycles. The minimum absolute atomic E-state index is 0.0163. The van der Waals surface area contributed by atoms with E-state index in [0.29, 0.717) is 19.6 Å². The summed E-state index contributed by atoms with van der Waals surface area (Å²) < 4.78 is 7.90. The molecule has 5 nitrogen and oxygen atoms in total. The first-order chi connectivity index (χ1) is 12.3. The number of hydrogen-bond acceptors (Lipinski definition) is 4. The largest absolute Gasteiger partial charge is 0.379 e. The van der Waals surface area contributed by atoms with Crippen LogP contribution in [0.25, 0.3) is 0 Å². The van der Waals surface area contributed by atoms with Crippen LogP contribution in [0.1, 0.15) is 41.9 Å². The summed E-state index contributed by atoms with van der Waals surface area (Å²) in [5.41, 5.74) is 2.48. The van der Waals surface area contributed by atoms with Crippen LogP contribution in [0.4, 0.5) is 0 Å². The summed E-state index contributed by atoms with van der Waals surface area (Å²) in [6, 6.07) is 4.02. The Morgan fingerprint density at radius 2 is 2.32 bits per heavy atom. The second-order valence-electron chi connectivity index (χ2n) is 6.95. The molecule has 1 aliphatic heterocycles. The molecule has 1 aliphatic carbocycles. The van der Waals surface area contributed by atoms with Gasteiger partial charge in [-0.15, -0.1) is 11.3 Å². The predicted octanol–water partition coefficient (Wildman–Crippen LogP) is 3.06. The summed E-state index contributed by atoms with van der Waals surface area (Å²) in [6.07, 6.45) is 5.96. The van der Waals surface area contributed by atoms with Crippen molar-refractivity contribution < 1.29 is 9.53 Å². The van der Waals surface area contributed by atoms with Crippen molar-refractivity contribution in [2.24, 2.45) is 5.92 Å². The lowest BCUT2D eigenvalue weighted by Crippen LogP contribution is -2.43. The first-order valence-corrected chi connectivity index (χ1v) is 10.1. The summed E-state index contributed by atoms with van der Waals surface area (Å²) in [5, 5.41) is 6.66. The molecule has 2 aromatic heterocycles. The van der Waals surface area contributed by atoms with Gasteiger partial charge in [0.25, 0.3) is 0 Å². The van der Waals surface area contributed by atoms with E-state index in [1.165, 1.54) is 24.1 Å². The summed E-state index contributed by atoms with van der Waals surface area (Å²) >= 11 is 1.65. The van der Waals surface area contributed by atoms with Crippen molar-refractivity contribution in [1.29, 1.82) is 0 Å². The van der Waals surface area contributed by atoms with Gasteiger partial charge in [0.05, 0.1) is 31.0 Å². The van der Waals surface area contributed by atoms with Crippen molar-refractivity contribution in [2.45, 2.75) is 45.2 Å². The molecule has 6 heteroatoms. The molecule has 0 radical (unpaired) electrons. The molecule has 0 N–H and O–H groups in total. The van der Waals surface area contributed by atoms with Gasteiger partial charge >= 0.3 is 0 Å². The third kappa shape index (κ3) is 3.65. The lowest BCUT2D eigenvalue weighted by atomic mass is 9.99. The van der Waals surface area contributed by atoms with E-state index in [2.05, 4.69) is 9.78 Å². The van der Waals surface area contributed by atoms with Gasteiger partial charge in [-0.05, 0) is 49.1 Å². The Morgan fingerprint density at radius 3 is 3.04 bits per heavy atom. The highest BCUT2D eigenvalue weighted by molar-refractivity contribution is 7.10. The number of nitrogens with zero attached hydrogens (tertiary/aromatic N) is 3. The monoisotopic (exact) mass is 359 g/mol. The fourth-order valence-electron chi connectivity index (χ4n) is 3.61. The van der Waals surface area contributed by atoms with Crippen molar-refractivity contribution in [2.75, 3.05) is 19.8 Å². The number of hydrogen-bond donors (Lipinski definition) is 0. The Balaban J connectivity index is 1.58. The Kier molecular flexibility index (Phi) is 4.90. The Bertz CT molecular complexity index is 721. The van der Waals surface area contributed by atoms with Crippen molar-refractivity contribution in [3.63, 3.8) is 0 Å². The second kappa shape index (κ2) is 7.30. The van der Waals surface area contributed by atoms with Gasteiger partial charge in [-0.1, -0.05) is 6.07 Å². The molecule has 1 amide bonds. The van der Waals surface area contributed by atoms with E-state index in [4.69, 9.17) is 4.74 Å². The van der Waals surface area contributed by atoms with E-state index >= 15 is 0 Å². The van der Waals surface area contributed by atoms with E-state index < -0.39 is 0 Å². The highest BCUT2D eigenvalue weighted by Gasteiger charge is 2.35. The number of fused-ring (bicyclic) bond motifs is 1. The standard InChI is InChI=1S/C19H25N3O2S/c1-2-24-13-17-19-15(11-20-22(19)12-14-5-6-14)7-8-21(17)18(23)10-16-4-3-9-25-16/h3-4,9,11,14,17H,2,5-8,10,12-13H2,1H3. The minimum Gasteiger partial charge on any atom is -0.379 e. The molecule has 0 spiro atoms. The summed E-state index contributed by atoms with van der Waals surface area (Å²) in [4.78, 5) is 16.1. The van der Waals surface area contributed by atoms with Crippen LogP contribution < -0.4 is 0 Å². The predicted molar refractivity (Wildman–Crippen MR) is 97.6 cm³/mol. The highest BCUT2D eigenvalue weighted by Crippen LogP contribution is 2.35. The van der Waals surface area contributed by atoms with E-state index in [1.54, 1.807) is 11.3 Å². The molecule has 3 heterocycles. The zero-order chi connectivity index (χ0) is 17.2. The lowest BCUT2D eigenvalue weighted by Gasteiger charge is -2.36. The van der Waals surface area contributed by atoms with Crippen molar-refractivity contribution in [1.82, 2.24) is 14.7 Å². The van der Waals surface area contributed by atoms with Gasteiger partial charge in [0.2, 0.25) is 5.91 Å². The lowest BCUT2D eigenvalue weighted by molar-refractivity contribution is -0.135. The topological polar surface area (TPSA) is 47.4 Å². The fraction of sp³-hybridized carbons (Fsp3) is 0.579. The molecule has 25 heavy (non-hydrogen) atoms. The van der Waals surface area contributed by atoms with Gasteiger partial charge in [0.1, 0.15) is 0 Å². The number of aromatic nitrogens is 2. The van der Waals surface area contributed by atoms with Crippen molar-refractivity contribution >= 4 is 17.2 Å². The molecule has 1 atom stereocenters. The average Bonchev–Trinajstić information content (AvgIpc) is 3.11. The normalized spacial score (nSPS) is 19.9. The van der Waals surface area contributed by atoms with E-state index in [-0.39, 0.29) is 11.9 Å². The van der Waals surface area contributed by atoms with Crippen LogP contribution in [0.15, 0.2) is 23.7 Å². The SMILES string of the molecule is CCOCC1c2c(cnn2CC2CC2)CCN1C(=O)Cc1cccs1. The van der Waals surface area contributed by atoms with Crippen molar-refractivity contribution in [3.05, 3.63) is 39.8 Å². The van der Waals surface area contributed by atoms with Gasteiger partial charge < -0.3 is 9.64 Å². The van der Waals surface area contributed by atoms with Crippen LogP contribution in [0.5, 0.6) is 0 Å². The average molecular weight is 359 g/mol. The Hall–Kier alpha value is -1.66. The van der Waals surface area contributed by atoms with Crippen LogP contribution in [-0.4, -0.2) is 40.3 Å². The number of carbonyl (C=O) groups excluding carboxylic acids is 1. The molecule has 2 aliphatic rings. The molecule has 0 bridgehead atoms. The summed E-state index contributed by atoms with van der Waals surface area (Å²) in [6.45, 7) is 4.95. The van der Waals surface area contributed by atoms with Crippen LogP contribution in [0.3, 0.4) is 0 Å². The number of ether oxygens (including phenoxy) is 1. The van der Waals surface area contributed by atoms with Gasteiger partial charge in [0.15, 0.2) is 0 Å². The maximum Gasteiger partial charge on any atom is 0.228 e. The molecule has 134 valence electrons. The third-order valence-electron chi connectivity index (χ3n) is 5.11. The third-order valence-corrected chi connectivity index (χ3v) is 5.98. The summed E-state index contributed by atoms with van der Waals surface area (Å²) in [7, 11) is 0. The number of amides is 1. The smallest absolute Gasteiger partial charge is 0.228 e. The molecule has 1 unspecified atom stereocenters.